The summed E-state index contributed by atoms with van der Waals surface area (Å²) in [5, 5.41) is 3.02. The third kappa shape index (κ3) is 5.49. The molecule has 0 unspecified atom stereocenters. The van der Waals surface area contributed by atoms with Crippen LogP contribution in [0.3, 0.4) is 0 Å². The molecular weight excluding hydrogens is 417 g/mol. The number of morpholine rings is 1. The van der Waals surface area contributed by atoms with Gasteiger partial charge in [-0.2, -0.15) is 13.2 Å². The van der Waals surface area contributed by atoms with Gasteiger partial charge in [-0.3, -0.25) is 4.79 Å². The van der Waals surface area contributed by atoms with Crippen LogP contribution in [0.25, 0.3) is 0 Å². The number of alkyl halides is 3. The number of carbonyl (C=O) groups excluding carboxylic acids is 1. The largest absolute Gasteiger partial charge is 0.416 e. The van der Waals surface area contributed by atoms with Gasteiger partial charge >= 0.3 is 6.18 Å². The van der Waals surface area contributed by atoms with Crippen LogP contribution in [0.2, 0.25) is 5.02 Å². The lowest BCUT2D eigenvalue weighted by molar-refractivity contribution is -0.137. The predicted molar refractivity (Wildman–Crippen MR) is 101 cm³/mol. The molecule has 28 heavy (non-hydrogen) atoms. The average molecular weight is 433 g/mol. The molecular formula is C17H16ClF3N4O2S. The molecule has 1 aromatic heterocycles. The molecule has 1 N–H and O–H groups in total. The minimum atomic E-state index is -4.52. The number of nitrogens with one attached hydrogen (secondary N) is 1. The summed E-state index contributed by atoms with van der Waals surface area (Å²) in [5.41, 5.74) is -0.968. The lowest BCUT2D eigenvalue weighted by atomic mass is 10.2. The average Bonchev–Trinajstić information content (AvgIpc) is 2.68. The lowest BCUT2D eigenvalue weighted by Gasteiger charge is -2.27. The first-order chi connectivity index (χ1) is 13.3. The molecule has 1 fully saturated rings. The second kappa shape index (κ2) is 8.97. The van der Waals surface area contributed by atoms with E-state index in [1.165, 1.54) is 6.33 Å². The van der Waals surface area contributed by atoms with E-state index in [1.807, 2.05) is 0 Å². The van der Waals surface area contributed by atoms with Gasteiger partial charge < -0.3 is 15.0 Å². The number of amides is 1. The highest BCUT2D eigenvalue weighted by Gasteiger charge is 2.31. The van der Waals surface area contributed by atoms with Crippen molar-refractivity contribution in [1.82, 2.24) is 9.97 Å². The van der Waals surface area contributed by atoms with Crippen LogP contribution < -0.4 is 10.2 Å². The monoisotopic (exact) mass is 432 g/mol. The molecule has 1 saturated heterocycles. The van der Waals surface area contributed by atoms with Gasteiger partial charge in [0.1, 0.15) is 17.2 Å². The fourth-order valence-electron chi connectivity index (χ4n) is 2.50. The molecule has 0 spiro atoms. The SMILES string of the molecule is O=C(CSc1cc(N2CCOCC2)ncn1)Nc1cc(C(F)(F)F)ccc1Cl. The van der Waals surface area contributed by atoms with Crippen molar-refractivity contribution in [2.45, 2.75) is 11.2 Å². The molecule has 2 heterocycles. The van der Waals surface area contributed by atoms with Crippen LogP contribution in [-0.2, 0) is 15.7 Å². The van der Waals surface area contributed by atoms with Gasteiger partial charge in [-0.05, 0) is 18.2 Å². The maximum Gasteiger partial charge on any atom is 0.416 e. The van der Waals surface area contributed by atoms with Gasteiger partial charge in [-0.1, -0.05) is 23.4 Å². The molecule has 1 aliphatic heterocycles. The minimum absolute atomic E-state index is 0.0305. The molecule has 1 aliphatic rings. The Balaban J connectivity index is 1.60. The zero-order valence-corrected chi connectivity index (χ0v) is 16.1. The molecule has 1 aromatic carbocycles. The summed E-state index contributed by atoms with van der Waals surface area (Å²) in [5.74, 6) is 0.214. The van der Waals surface area contributed by atoms with Crippen molar-refractivity contribution in [3.05, 3.63) is 41.2 Å². The summed E-state index contributed by atoms with van der Waals surface area (Å²) in [6.07, 6.45) is -3.11. The molecule has 0 aliphatic carbocycles. The standard InChI is InChI=1S/C17H16ClF3N4O2S/c18-12-2-1-11(17(19,20)21)7-13(12)24-15(26)9-28-16-8-14(22-10-23-16)25-3-5-27-6-4-25/h1-2,7-8,10H,3-6,9H2,(H,24,26). The second-order valence-electron chi connectivity index (χ2n) is 5.84. The van der Waals surface area contributed by atoms with Crippen LogP contribution in [0.15, 0.2) is 35.6 Å². The van der Waals surface area contributed by atoms with Crippen LogP contribution in [0.5, 0.6) is 0 Å². The molecule has 6 nitrogen and oxygen atoms in total. The number of hydrogen-bond acceptors (Lipinski definition) is 6. The van der Waals surface area contributed by atoms with E-state index in [-0.39, 0.29) is 16.5 Å². The second-order valence-corrected chi connectivity index (χ2v) is 7.25. The summed E-state index contributed by atoms with van der Waals surface area (Å²) < 4.78 is 43.7. The summed E-state index contributed by atoms with van der Waals surface area (Å²) in [7, 11) is 0. The Morgan fingerprint density at radius 1 is 1.25 bits per heavy atom. The molecule has 1 amide bonds. The number of halogens is 4. The maximum atomic E-state index is 12.8. The van der Waals surface area contributed by atoms with Crippen LogP contribution in [-0.4, -0.2) is 47.9 Å². The highest BCUT2D eigenvalue weighted by Crippen LogP contribution is 2.34. The third-order valence-electron chi connectivity index (χ3n) is 3.88. The number of carbonyl (C=O) groups is 1. The summed E-state index contributed by atoms with van der Waals surface area (Å²) >= 11 is 7.04. The van der Waals surface area contributed by atoms with Gasteiger partial charge in [-0.25, -0.2) is 9.97 Å². The number of thioether (sulfide) groups is 1. The van der Waals surface area contributed by atoms with Gasteiger partial charge in [0.25, 0.3) is 0 Å². The summed E-state index contributed by atoms with van der Waals surface area (Å²) in [4.78, 5) is 22.5. The molecule has 0 saturated carbocycles. The van der Waals surface area contributed by atoms with Gasteiger partial charge in [0.2, 0.25) is 5.91 Å². The van der Waals surface area contributed by atoms with Crippen molar-refractivity contribution < 1.29 is 22.7 Å². The third-order valence-corrected chi connectivity index (χ3v) is 5.14. The van der Waals surface area contributed by atoms with Gasteiger partial charge in [0.15, 0.2) is 0 Å². The van der Waals surface area contributed by atoms with E-state index >= 15 is 0 Å². The lowest BCUT2D eigenvalue weighted by Crippen LogP contribution is -2.36. The Hall–Kier alpha value is -2.04. The predicted octanol–water partition coefficient (Wildman–Crippen LogP) is 3.72. The fourth-order valence-corrected chi connectivity index (χ4v) is 3.32. The zero-order valence-electron chi connectivity index (χ0n) is 14.5. The van der Waals surface area contributed by atoms with Crippen LogP contribution >= 0.6 is 23.4 Å². The fraction of sp³-hybridized carbons (Fsp3) is 0.353. The molecule has 150 valence electrons. The molecule has 11 heteroatoms. The Morgan fingerprint density at radius 3 is 2.71 bits per heavy atom. The molecule has 2 aromatic rings. The number of benzene rings is 1. The zero-order chi connectivity index (χ0) is 20.1. The van der Waals surface area contributed by atoms with Crippen LogP contribution in [0.4, 0.5) is 24.7 Å². The van der Waals surface area contributed by atoms with Gasteiger partial charge in [-0.15, -0.1) is 0 Å². The van der Waals surface area contributed by atoms with Crippen LogP contribution in [0.1, 0.15) is 5.56 Å². The topological polar surface area (TPSA) is 67.4 Å². The quantitative estimate of drug-likeness (QED) is 0.574. The number of rotatable bonds is 5. The number of anilines is 2. The summed E-state index contributed by atoms with van der Waals surface area (Å²) in [6.45, 7) is 2.67. The number of aromatic nitrogens is 2. The Kier molecular flexibility index (Phi) is 6.63. The van der Waals surface area contributed by atoms with Crippen molar-refractivity contribution in [2.24, 2.45) is 0 Å². The van der Waals surface area contributed by atoms with Gasteiger partial charge in [0, 0.05) is 19.2 Å². The van der Waals surface area contributed by atoms with Gasteiger partial charge in [0.05, 0.1) is 35.2 Å². The first-order valence-corrected chi connectivity index (χ1v) is 9.63. The van der Waals surface area contributed by atoms with Crippen LogP contribution in [0, 0.1) is 0 Å². The maximum absolute atomic E-state index is 12.8. The van der Waals surface area contributed by atoms with Crippen molar-refractivity contribution >= 4 is 40.8 Å². The Morgan fingerprint density at radius 2 is 2.00 bits per heavy atom. The highest BCUT2D eigenvalue weighted by atomic mass is 35.5. The molecule has 0 radical (unpaired) electrons. The van der Waals surface area contributed by atoms with Crippen molar-refractivity contribution in [2.75, 3.05) is 42.3 Å². The van der Waals surface area contributed by atoms with E-state index < -0.39 is 17.6 Å². The molecule has 3 rings (SSSR count). The molecule has 0 atom stereocenters. The number of hydrogen-bond donors (Lipinski definition) is 1. The minimum Gasteiger partial charge on any atom is -0.378 e. The number of ether oxygens (including phenoxy) is 1. The van der Waals surface area contributed by atoms with Crippen molar-refractivity contribution in [3.8, 4) is 0 Å². The van der Waals surface area contributed by atoms with Crippen molar-refractivity contribution in [1.29, 1.82) is 0 Å². The first-order valence-electron chi connectivity index (χ1n) is 8.27. The summed E-state index contributed by atoms with van der Waals surface area (Å²) in [6, 6.07) is 4.54. The van der Waals surface area contributed by atoms with E-state index in [4.69, 9.17) is 16.3 Å². The van der Waals surface area contributed by atoms with Crippen molar-refractivity contribution in [3.63, 3.8) is 0 Å². The van der Waals surface area contributed by atoms with E-state index in [1.54, 1.807) is 6.07 Å². The Labute approximate surface area is 168 Å². The van der Waals surface area contributed by atoms with E-state index in [9.17, 15) is 18.0 Å². The molecule has 0 bridgehead atoms. The Bertz CT molecular complexity index is 847. The first kappa shape index (κ1) is 20.7. The number of nitrogens with zero attached hydrogens (tertiary/aromatic N) is 3. The smallest absolute Gasteiger partial charge is 0.378 e. The normalized spacial score (nSPS) is 14.8. The van der Waals surface area contributed by atoms with E-state index in [0.29, 0.717) is 18.2 Å². The highest BCUT2D eigenvalue weighted by molar-refractivity contribution is 7.99. The van der Waals surface area contributed by atoms with E-state index in [2.05, 4.69) is 20.2 Å². The van der Waals surface area contributed by atoms with E-state index in [0.717, 1.165) is 48.9 Å².